The molecule has 2 aliphatic rings. The zero-order chi connectivity index (χ0) is 30.3. The molecule has 4 nitrogen and oxygen atoms in total. The molecule has 42 heavy (non-hydrogen) atoms. The van der Waals surface area contributed by atoms with Crippen molar-refractivity contribution >= 4 is 67.6 Å². The van der Waals surface area contributed by atoms with Gasteiger partial charge in [0.05, 0.1) is 43.9 Å². The molecule has 5 heterocycles. The number of allylic oxidation sites excluding steroid dienone is 4. The van der Waals surface area contributed by atoms with Gasteiger partial charge in [0.2, 0.25) is 0 Å². The maximum Gasteiger partial charge on any atom is 0.0903 e. The van der Waals surface area contributed by atoms with Crippen LogP contribution >= 0.6 is 23.2 Å². The average Bonchev–Trinajstić information content (AvgIpc) is 3.74. The summed E-state index contributed by atoms with van der Waals surface area (Å²) in [6.45, 7) is 17.7. The van der Waals surface area contributed by atoms with Gasteiger partial charge in [0, 0.05) is 11.0 Å². The number of aromatic nitrogens is 4. The van der Waals surface area contributed by atoms with Crippen molar-refractivity contribution in [2.45, 2.75) is 107 Å². The molecular formula is C36H44Cl2N4. The van der Waals surface area contributed by atoms with Crippen LogP contribution in [-0.4, -0.2) is 19.9 Å². The lowest BCUT2D eigenvalue weighted by atomic mass is 9.97. The number of fused-ring (bicyclic) bond motifs is 8. The average molecular weight is 604 g/mol. The number of hydrogen-bond donors (Lipinski definition) is 2. The summed E-state index contributed by atoms with van der Waals surface area (Å²) in [6.07, 6.45) is 7.07. The fourth-order valence-corrected chi connectivity index (χ4v) is 7.81. The van der Waals surface area contributed by atoms with Crippen LogP contribution in [0.5, 0.6) is 0 Å². The summed E-state index contributed by atoms with van der Waals surface area (Å²) < 4.78 is 0. The highest BCUT2D eigenvalue weighted by Gasteiger charge is 2.26. The monoisotopic (exact) mass is 602 g/mol. The molecule has 0 aromatic carbocycles. The summed E-state index contributed by atoms with van der Waals surface area (Å²) in [5.74, 6) is 0. The summed E-state index contributed by atoms with van der Waals surface area (Å²) in [7, 11) is 0. The quantitative estimate of drug-likeness (QED) is 0.269. The first-order valence-corrected chi connectivity index (χ1v) is 16.7. The minimum Gasteiger partial charge on any atom is -0.354 e. The summed E-state index contributed by atoms with van der Waals surface area (Å²) in [5.41, 5.74) is 17.9. The molecule has 3 aromatic heterocycles. The van der Waals surface area contributed by atoms with Crippen molar-refractivity contribution in [1.29, 1.82) is 0 Å². The molecule has 0 saturated heterocycles. The lowest BCUT2D eigenvalue weighted by Crippen LogP contribution is -1.89. The maximum absolute atomic E-state index is 7.36. The first-order chi connectivity index (χ1) is 20.3. The number of aryl methyl sites for hydroxylation is 4. The smallest absolute Gasteiger partial charge is 0.0903 e. The van der Waals surface area contributed by atoms with E-state index in [4.69, 9.17) is 33.2 Å². The Bertz CT molecular complexity index is 1660. The van der Waals surface area contributed by atoms with Crippen molar-refractivity contribution < 1.29 is 0 Å². The van der Waals surface area contributed by atoms with Crippen LogP contribution in [0, 0.1) is 0 Å². The Balaban J connectivity index is 2.11. The van der Waals surface area contributed by atoms with Crippen molar-refractivity contribution in [3.63, 3.8) is 0 Å². The van der Waals surface area contributed by atoms with E-state index in [0.29, 0.717) is 10.0 Å². The largest absolute Gasteiger partial charge is 0.354 e. The molecule has 0 spiro atoms. The molecule has 5 rings (SSSR count). The van der Waals surface area contributed by atoms with Crippen LogP contribution in [0.3, 0.4) is 0 Å². The minimum absolute atomic E-state index is 0.703. The molecule has 0 unspecified atom stereocenters. The number of nitrogens with one attached hydrogen (secondary N) is 2. The van der Waals surface area contributed by atoms with Crippen LogP contribution in [0.4, 0.5) is 0 Å². The van der Waals surface area contributed by atoms with Crippen molar-refractivity contribution in [2.24, 2.45) is 0 Å². The Morgan fingerprint density at radius 3 is 1.14 bits per heavy atom. The number of aromatic amines is 2. The van der Waals surface area contributed by atoms with Gasteiger partial charge in [-0.1, -0.05) is 78.6 Å². The summed E-state index contributed by atoms with van der Waals surface area (Å²) in [6, 6.07) is 4.44. The number of halogens is 2. The van der Waals surface area contributed by atoms with Gasteiger partial charge in [-0.15, -0.1) is 0 Å². The fourth-order valence-electron chi connectivity index (χ4n) is 7.18. The molecule has 0 amide bonds. The summed E-state index contributed by atoms with van der Waals surface area (Å²) >= 11 is 14.7. The van der Waals surface area contributed by atoms with Gasteiger partial charge in [0.25, 0.3) is 0 Å². The molecule has 2 aliphatic heterocycles. The van der Waals surface area contributed by atoms with Crippen LogP contribution in [0.1, 0.15) is 126 Å². The van der Waals surface area contributed by atoms with Gasteiger partial charge in [-0.3, -0.25) is 0 Å². The van der Waals surface area contributed by atoms with Gasteiger partial charge in [-0.05, 0) is 108 Å². The minimum atomic E-state index is 0.703. The molecule has 0 aliphatic carbocycles. The molecular weight excluding hydrogens is 559 g/mol. The Morgan fingerprint density at radius 1 is 0.476 bits per heavy atom. The first kappa shape index (κ1) is 30.6. The van der Waals surface area contributed by atoms with Gasteiger partial charge in [-0.2, -0.15) is 0 Å². The third-order valence-electron chi connectivity index (χ3n) is 9.13. The van der Waals surface area contributed by atoms with Crippen LogP contribution < -0.4 is 0 Å². The topological polar surface area (TPSA) is 57.4 Å². The third kappa shape index (κ3) is 4.75. The molecule has 0 fully saturated rings. The number of rotatable bonds is 8. The third-order valence-corrected chi connectivity index (χ3v) is 9.87. The number of hydrogen-bond acceptors (Lipinski definition) is 2. The van der Waals surface area contributed by atoms with Crippen molar-refractivity contribution in [1.82, 2.24) is 19.9 Å². The van der Waals surface area contributed by atoms with E-state index in [9.17, 15) is 0 Å². The predicted molar refractivity (Wildman–Crippen MR) is 183 cm³/mol. The van der Waals surface area contributed by atoms with Crippen molar-refractivity contribution in [2.75, 3.05) is 0 Å². The Labute approximate surface area is 260 Å². The summed E-state index contributed by atoms with van der Waals surface area (Å²) in [5, 5.41) is 1.41. The second-order valence-corrected chi connectivity index (χ2v) is 11.8. The van der Waals surface area contributed by atoms with Gasteiger partial charge >= 0.3 is 0 Å². The van der Waals surface area contributed by atoms with Gasteiger partial charge in [-0.25, -0.2) is 9.97 Å². The highest BCUT2D eigenvalue weighted by molar-refractivity contribution is 6.36. The fraction of sp³-hybridized carbons (Fsp3) is 0.444. The van der Waals surface area contributed by atoms with Crippen molar-refractivity contribution in [3.8, 4) is 0 Å². The van der Waals surface area contributed by atoms with E-state index >= 15 is 0 Å². The molecule has 3 aromatic rings. The second-order valence-electron chi connectivity index (χ2n) is 11.1. The van der Waals surface area contributed by atoms with E-state index in [0.717, 1.165) is 96.2 Å². The second kappa shape index (κ2) is 12.4. The zero-order valence-corrected chi connectivity index (χ0v) is 28.0. The Hall–Kier alpha value is -2.82. The van der Waals surface area contributed by atoms with Crippen molar-refractivity contribution in [3.05, 3.63) is 67.2 Å². The first-order valence-electron chi connectivity index (χ1n) is 15.9. The van der Waals surface area contributed by atoms with Crippen LogP contribution in [0.25, 0.3) is 44.4 Å². The number of nitrogens with zero attached hydrogens (tertiary/aromatic N) is 2. The molecule has 222 valence electrons. The highest BCUT2D eigenvalue weighted by atomic mass is 35.5. The SMILES string of the molecule is CCC1=C(CC)c2nc1cc1nc(c(Cl)c3[nH]c(cc4[nH]c(c2Cl)c(CC)c4CC)c(CC)c3CC)C(CC)=C1CC. The lowest BCUT2D eigenvalue weighted by Gasteiger charge is -2.06. The van der Waals surface area contributed by atoms with Gasteiger partial charge < -0.3 is 9.97 Å². The Kier molecular flexibility index (Phi) is 9.06. The standard InChI is InChI=1S/C36H44Cl2N4/c1-9-19-23(13-5)33-31(37)34-25(15-7)21(11-3)29(41-34)18-30-22(12-4)26(16-8)36(42-30)32(38)35-24(14-6)20(10-2)28(40-35)17-27(19)39-33/h17-18,39-40H,9-16H2,1-8H3. The molecule has 8 bridgehead atoms. The van der Waals surface area contributed by atoms with Crippen LogP contribution in [0.2, 0.25) is 10.0 Å². The van der Waals surface area contributed by atoms with Gasteiger partial charge in [0.15, 0.2) is 0 Å². The van der Waals surface area contributed by atoms with Crippen LogP contribution in [0.15, 0.2) is 12.1 Å². The summed E-state index contributed by atoms with van der Waals surface area (Å²) in [4.78, 5) is 18.0. The lowest BCUT2D eigenvalue weighted by molar-refractivity contribution is 1.07. The van der Waals surface area contributed by atoms with E-state index in [1.807, 2.05) is 0 Å². The molecule has 6 heteroatoms. The normalized spacial score (nSPS) is 13.6. The highest BCUT2D eigenvalue weighted by Crippen LogP contribution is 2.43. The van der Waals surface area contributed by atoms with Gasteiger partial charge in [0.1, 0.15) is 0 Å². The van der Waals surface area contributed by atoms with E-state index in [-0.39, 0.29) is 0 Å². The van der Waals surface area contributed by atoms with Crippen LogP contribution in [-0.2, 0) is 25.7 Å². The Morgan fingerprint density at radius 2 is 0.833 bits per heavy atom. The maximum atomic E-state index is 7.36. The van der Waals surface area contributed by atoms with E-state index < -0.39 is 0 Å². The predicted octanol–water partition coefficient (Wildman–Crippen LogP) is 11.3. The van der Waals surface area contributed by atoms with E-state index in [2.05, 4.69) is 77.5 Å². The number of H-pyrrole nitrogens is 2. The molecule has 0 saturated carbocycles. The molecule has 0 atom stereocenters. The molecule has 2 N–H and O–H groups in total. The molecule has 0 radical (unpaired) electrons. The zero-order valence-electron chi connectivity index (χ0n) is 26.5. The van der Waals surface area contributed by atoms with E-state index in [1.165, 1.54) is 44.5 Å². The van der Waals surface area contributed by atoms with E-state index in [1.54, 1.807) is 0 Å².